The SMILES string of the molecule is Cn1cc(C(=O)N2CCC(c3nn(C)c(=O)n3C3CCCC3)CC2)nn1. The lowest BCUT2D eigenvalue weighted by atomic mass is 9.95. The van der Waals surface area contributed by atoms with Gasteiger partial charge in [0.25, 0.3) is 5.91 Å². The molecule has 0 spiro atoms. The van der Waals surface area contributed by atoms with E-state index in [0.717, 1.165) is 31.5 Å². The molecule has 2 aliphatic rings. The van der Waals surface area contributed by atoms with E-state index in [9.17, 15) is 9.59 Å². The molecule has 2 fully saturated rings. The summed E-state index contributed by atoms with van der Waals surface area (Å²) in [5, 5.41) is 12.3. The van der Waals surface area contributed by atoms with Crippen molar-refractivity contribution in [3.05, 3.63) is 28.2 Å². The standard InChI is InChI=1S/C17H25N7O2/c1-21-11-14(18-20-21)16(25)23-9-7-12(8-10-23)15-19-22(2)17(26)24(15)13-5-3-4-6-13/h11-13H,3-10H2,1-2H3. The van der Waals surface area contributed by atoms with Crippen LogP contribution in [0.25, 0.3) is 0 Å². The molecule has 0 atom stereocenters. The maximum Gasteiger partial charge on any atom is 0.345 e. The van der Waals surface area contributed by atoms with Gasteiger partial charge in [0.2, 0.25) is 0 Å². The van der Waals surface area contributed by atoms with E-state index in [2.05, 4.69) is 15.4 Å². The summed E-state index contributed by atoms with van der Waals surface area (Å²) >= 11 is 0. The first-order chi connectivity index (χ1) is 12.5. The number of rotatable bonds is 3. The van der Waals surface area contributed by atoms with E-state index in [1.54, 1.807) is 20.3 Å². The summed E-state index contributed by atoms with van der Waals surface area (Å²) in [5.74, 6) is 1.04. The molecule has 0 aromatic carbocycles. The Kier molecular flexibility index (Phi) is 4.37. The molecule has 9 heteroatoms. The average Bonchev–Trinajstić information content (AvgIpc) is 3.37. The zero-order valence-electron chi connectivity index (χ0n) is 15.3. The van der Waals surface area contributed by atoms with Crippen LogP contribution in [-0.4, -0.2) is 53.2 Å². The number of hydrogen-bond acceptors (Lipinski definition) is 5. The normalized spacial score (nSPS) is 19.4. The molecule has 26 heavy (non-hydrogen) atoms. The first-order valence-electron chi connectivity index (χ1n) is 9.35. The maximum atomic E-state index is 12.6. The van der Waals surface area contributed by atoms with Crippen molar-refractivity contribution in [3.63, 3.8) is 0 Å². The van der Waals surface area contributed by atoms with Crippen molar-refractivity contribution in [2.24, 2.45) is 14.1 Å². The first kappa shape index (κ1) is 17.0. The summed E-state index contributed by atoms with van der Waals surface area (Å²) in [6, 6.07) is 0.283. The monoisotopic (exact) mass is 359 g/mol. The molecule has 4 rings (SSSR count). The zero-order chi connectivity index (χ0) is 18.3. The molecule has 0 bridgehead atoms. The van der Waals surface area contributed by atoms with Crippen molar-refractivity contribution < 1.29 is 4.79 Å². The highest BCUT2D eigenvalue weighted by Gasteiger charge is 2.32. The second-order valence-electron chi connectivity index (χ2n) is 7.42. The average molecular weight is 359 g/mol. The molecule has 3 heterocycles. The number of hydrogen-bond donors (Lipinski definition) is 0. The van der Waals surface area contributed by atoms with E-state index in [1.807, 2.05) is 9.47 Å². The highest BCUT2D eigenvalue weighted by Crippen LogP contribution is 2.33. The molecular formula is C17H25N7O2. The molecule has 0 unspecified atom stereocenters. The quantitative estimate of drug-likeness (QED) is 0.810. The lowest BCUT2D eigenvalue weighted by Gasteiger charge is -2.31. The third-order valence-corrected chi connectivity index (χ3v) is 5.64. The van der Waals surface area contributed by atoms with Crippen molar-refractivity contribution in [2.45, 2.75) is 50.5 Å². The Bertz CT molecular complexity index is 851. The van der Waals surface area contributed by atoms with Crippen LogP contribution in [-0.2, 0) is 14.1 Å². The molecule has 1 aliphatic carbocycles. The van der Waals surface area contributed by atoms with E-state index in [1.165, 1.54) is 22.2 Å². The fourth-order valence-electron chi connectivity index (χ4n) is 4.23. The number of nitrogens with zero attached hydrogens (tertiary/aromatic N) is 7. The first-order valence-corrected chi connectivity index (χ1v) is 9.35. The van der Waals surface area contributed by atoms with Crippen LogP contribution in [0.2, 0.25) is 0 Å². The number of amides is 1. The van der Waals surface area contributed by atoms with Crippen molar-refractivity contribution in [3.8, 4) is 0 Å². The van der Waals surface area contributed by atoms with Gasteiger partial charge in [-0.3, -0.25) is 14.0 Å². The number of likely N-dealkylation sites (tertiary alicyclic amines) is 1. The number of carbonyl (C=O) groups is 1. The number of piperidine rings is 1. The van der Waals surface area contributed by atoms with Crippen LogP contribution in [0.3, 0.4) is 0 Å². The number of aryl methyl sites for hydroxylation is 2. The maximum absolute atomic E-state index is 12.6. The highest BCUT2D eigenvalue weighted by molar-refractivity contribution is 5.92. The molecule has 0 radical (unpaired) electrons. The zero-order valence-corrected chi connectivity index (χ0v) is 15.3. The van der Waals surface area contributed by atoms with Gasteiger partial charge in [-0.05, 0) is 25.7 Å². The van der Waals surface area contributed by atoms with Crippen LogP contribution in [0.5, 0.6) is 0 Å². The number of carbonyl (C=O) groups excluding carboxylic acids is 1. The summed E-state index contributed by atoms with van der Waals surface area (Å²) in [6.07, 6.45) is 7.74. The molecule has 140 valence electrons. The van der Waals surface area contributed by atoms with Gasteiger partial charge in [-0.15, -0.1) is 5.10 Å². The predicted molar refractivity (Wildman–Crippen MR) is 93.9 cm³/mol. The van der Waals surface area contributed by atoms with Crippen LogP contribution >= 0.6 is 0 Å². The Labute approximate surface area is 151 Å². The van der Waals surface area contributed by atoms with Crippen molar-refractivity contribution in [2.75, 3.05) is 13.1 Å². The molecule has 2 aromatic heterocycles. The van der Waals surface area contributed by atoms with Crippen molar-refractivity contribution in [1.29, 1.82) is 0 Å². The topological polar surface area (TPSA) is 90.8 Å². The van der Waals surface area contributed by atoms with Crippen LogP contribution < -0.4 is 5.69 Å². The third-order valence-electron chi connectivity index (χ3n) is 5.64. The summed E-state index contributed by atoms with van der Waals surface area (Å²) in [6.45, 7) is 1.30. The second kappa shape index (κ2) is 6.69. The molecular weight excluding hydrogens is 334 g/mol. The van der Waals surface area contributed by atoms with E-state index in [4.69, 9.17) is 0 Å². The van der Waals surface area contributed by atoms with Crippen LogP contribution in [0.1, 0.15) is 66.8 Å². The summed E-state index contributed by atoms with van der Waals surface area (Å²) < 4.78 is 4.93. The van der Waals surface area contributed by atoms with E-state index < -0.39 is 0 Å². The molecule has 0 N–H and O–H groups in total. The van der Waals surface area contributed by atoms with Gasteiger partial charge in [0, 0.05) is 39.1 Å². The van der Waals surface area contributed by atoms with Crippen molar-refractivity contribution >= 4 is 5.91 Å². The van der Waals surface area contributed by atoms with E-state index in [-0.39, 0.29) is 23.6 Å². The molecule has 1 saturated heterocycles. The van der Waals surface area contributed by atoms with Crippen molar-refractivity contribution in [1.82, 2.24) is 34.2 Å². The third kappa shape index (κ3) is 2.95. The van der Waals surface area contributed by atoms with E-state index >= 15 is 0 Å². The summed E-state index contributed by atoms with van der Waals surface area (Å²) in [5.41, 5.74) is 0.372. The molecule has 1 amide bonds. The molecule has 2 aromatic rings. The fourth-order valence-corrected chi connectivity index (χ4v) is 4.23. The molecule has 9 nitrogen and oxygen atoms in total. The van der Waals surface area contributed by atoms with Gasteiger partial charge in [-0.2, -0.15) is 5.10 Å². The van der Waals surface area contributed by atoms with Gasteiger partial charge in [0.1, 0.15) is 5.82 Å². The molecule has 1 saturated carbocycles. The van der Waals surface area contributed by atoms with Gasteiger partial charge in [0.05, 0.1) is 6.20 Å². The highest BCUT2D eigenvalue weighted by atomic mass is 16.2. The van der Waals surface area contributed by atoms with Gasteiger partial charge in [-0.25, -0.2) is 9.48 Å². The Morgan fingerprint density at radius 3 is 2.42 bits per heavy atom. The van der Waals surface area contributed by atoms with Gasteiger partial charge in [-0.1, -0.05) is 18.1 Å². The van der Waals surface area contributed by atoms with E-state index in [0.29, 0.717) is 18.8 Å². The summed E-state index contributed by atoms with van der Waals surface area (Å²) in [7, 11) is 3.48. The van der Waals surface area contributed by atoms with Gasteiger partial charge in [0.15, 0.2) is 5.69 Å². The minimum absolute atomic E-state index is 0.00929. The predicted octanol–water partition coefficient (Wildman–Crippen LogP) is 0.845. The van der Waals surface area contributed by atoms with Gasteiger partial charge < -0.3 is 4.90 Å². The number of aromatic nitrogens is 6. The van der Waals surface area contributed by atoms with Crippen LogP contribution in [0, 0.1) is 0 Å². The largest absolute Gasteiger partial charge is 0.345 e. The Morgan fingerprint density at radius 2 is 1.81 bits per heavy atom. The van der Waals surface area contributed by atoms with Crippen LogP contribution in [0.4, 0.5) is 0 Å². The smallest absolute Gasteiger partial charge is 0.337 e. The molecule has 1 aliphatic heterocycles. The lowest BCUT2D eigenvalue weighted by molar-refractivity contribution is 0.0703. The minimum Gasteiger partial charge on any atom is -0.337 e. The van der Waals surface area contributed by atoms with Crippen LogP contribution in [0.15, 0.2) is 11.0 Å². The Morgan fingerprint density at radius 1 is 1.12 bits per heavy atom. The lowest BCUT2D eigenvalue weighted by Crippen LogP contribution is -2.39. The van der Waals surface area contributed by atoms with Gasteiger partial charge >= 0.3 is 5.69 Å². The Hall–Kier alpha value is -2.45. The Balaban J connectivity index is 1.49. The summed E-state index contributed by atoms with van der Waals surface area (Å²) in [4.78, 5) is 26.9. The minimum atomic E-state index is -0.0780. The fraction of sp³-hybridized carbons (Fsp3) is 0.706. The second-order valence-corrected chi connectivity index (χ2v) is 7.42.